The van der Waals surface area contributed by atoms with Crippen molar-refractivity contribution in [2.24, 2.45) is 17.8 Å². The number of rotatable bonds is 8. The van der Waals surface area contributed by atoms with Gasteiger partial charge >= 0.3 is 5.97 Å². The summed E-state index contributed by atoms with van der Waals surface area (Å²) in [5.41, 5.74) is 3.44. The summed E-state index contributed by atoms with van der Waals surface area (Å²) in [6.07, 6.45) is 9.68. The Hall–Kier alpha value is -3.31. The van der Waals surface area contributed by atoms with Crippen molar-refractivity contribution in [1.82, 2.24) is 19.5 Å². The summed E-state index contributed by atoms with van der Waals surface area (Å²) in [5.74, 6) is 2.16. The molecular formula is C28H23Cl2N5O4S. The Bertz CT molecular complexity index is 1630. The second-order valence-corrected chi connectivity index (χ2v) is 12.1. The van der Waals surface area contributed by atoms with Crippen LogP contribution in [0, 0.1) is 17.8 Å². The average Bonchev–Trinajstić information content (AvgIpc) is 3.68. The molecule has 204 valence electrons. The van der Waals surface area contributed by atoms with E-state index in [0.29, 0.717) is 61.9 Å². The van der Waals surface area contributed by atoms with Gasteiger partial charge in [-0.25, -0.2) is 4.79 Å². The molecule has 0 spiro atoms. The van der Waals surface area contributed by atoms with E-state index in [2.05, 4.69) is 31.6 Å². The molecule has 2 atom stereocenters. The molecule has 0 bridgehead atoms. The molecule has 4 aromatic rings. The van der Waals surface area contributed by atoms with Crippen molar-refractivity contribution in [2.45, 2.75) is 25.4 Å². The minimum atomic E-state index is -1.06. The van der Waals surface area contributed by atoms with E-state index in [-0.39, 0.29) is 12.2 Å². The van der Waals surface area contributed by atoms with E-state index >= 15 is 0 Å². The lowest BCUT2D eigenvalue weighted by molar-refractivity contribution is 0.0696. The molecule has 2 N–H and O–H groups in total. The van der Waals surface area contributed by atoms with Gasteiger partial charge in [-0.2, -0.15) is 9.36 Å². The summed E-state index contributed by atoms with van der Waals surface area (Å²) in [7, 11) is 0. The van der Waals surface area contributed by atoms with Gasteiger partial charge in [0.1, 0.15) is 11.5 Å². The predicted molar refractivity (Wildman–Crippen MR) is 152 cm³/mol. The highest BCUT2D eigenvalue weighted by molar-refractivity contribution is 7.09. The van der Waals surface area contributed by atoms with E-state index in [1.165, 1.54) is 23.7 Å². The van der Waals surface area contributed by atoms with Crippen LogP contribution in [0.3, 0.4) is 0 Å². The molecule has 3 fully saturated rings. The van der Waals surface area contributed by atoms with Gasteiger partial charge in [0, 0.05) is 59.6 Å². The maximum atomic E-state index is 11.5. The number of anilines is 1. The number of aliphatic hydroxyl groups excluding tert-OH is 1. The first-order chi connectivity index (χ1) is 19.4. The van der Waals surface area contributed by atoms with Crippen LogP contribution in [0.25, 0.3) is 28.7 Å². The number of aromatic carboxylic acids is 1. The quantitative estimate of drug-likeness (QED) is 0.251. The molecule has 2 saturated carbocycles. The molecule has 9 nitrogen and oxygen atoms in total. The fourth-order valence-corrected chi connectivity index (χ4v) is 6.90. The van der Waals surface area contributed by atoms with Crippen molar-refractivity contribution in [2.75, 3.05) is 18.0 Å². The SMILES string of the molecule is O=C(O)c1cc(CO)cc(-c2nsc(N3CC4C(/C=C/c5c(-c6c(Cl)cncc6Cl)noc5C5CC5)C4C3)n2)c1. The zero-order valence-corrected chi connectivity index (χ0v) is 23.3. The highest BCUT2D eigenvalue weighted by atomic mass is 35.5. The fourth-order valence-electron chi connectivity index (χ4n) is 5.65. The van der Waals surface area contributed by atoms with E-state index in [0.717, 1.165) is 42.4 Å². The van der Waals surface area contributed by atoms with Crippen LogP contribution in [0.4, 0.5) is 5.13 Å². The summed E-state index contributed by atoms with van der Waals surface area (Å²) in [5, 5.41) is 25.0. The molecule has 4 heterocycles. The molecule has 2 unspecified atom stereocenters. The zero-order valence-electron chi connectivity index (χ0n) is 21.0. The van der Waals surface area contributed by atoms with Gasteiger partial charge in [0.05, 0.1) is 22.2 Å². The second-order valence-electron chi connectivity index (χ2n) is 10.5. The molecule has 1 aromatic carbocycles. The first kappa shape index (κ1) is 25.6. The van der Waals surface area contributed by atoms with E-state index < -0.39 is 5.97 Å². The molecular weight excluding hydrogens is 573 g/mol. The number of carbonyl (C=O) groups is 1. The zero-order chi connectivity index (χ0) is 27.5. The number of benzene rings is 1. The Morgan fingerprint density at radius 1 is 1.15 bits per heavy atom. The topological polar surface area (TPSA) is 125 Å². The number of allylic oxidation sites excluding steroid dienone is 1. The van der Waals surface area contributed by atoms with Crippen molar-refractivity contribution >= 4 is 51.9 Å². The Morgan fingerprint density at radius 2 is 1.90 bits per heavy atom. The number of pyridine rings is 1. The van der Waals surface area contributed by atoms with Gasteiger partial charge in [-0.15, -0.1) is 0 Å². The van der Waals surface area contributed by atoms with Crippen LogP contribution in [0.15, 0.2) is 41.2 Å². The normalized spacial score (nSPS) is 21.8. The number of hydrogen-bond acceptors (Lipinski definition) is 9. The third-order valence-electron chi connectivity index (χ3n) is 7.91. The van der Waals surface area contributed by atoms with E-state index in [4.69, 9.17) is 32.7 Å². The number of piperidine rings is 1. The molecule has 0 radical (unpaired) electrons. The van der Waals surface area contributed by atoms with Crippen molar-refractivity contribution < 1.29 is 19.5 Å². The first-order valence-electron chi connectivity index (χ1n) is 13.0. The Balaban J connectivity index is 1.07. The number of carboxylic acids is 1. The summed E-state index contributed by atoms with van der Waals surface area (Å²) in [6, 6.07) is 4.72. The minimum absolute atomic E-state index is 0.101. The molecule has 0 amide bonds. The fraction of sp³-hybridized carbons (Fsp3) is 0.321. The van der Waals surface area contributed by atoms with Gasteiger partial charge in [0.2, 0.25) is 5.13 Å². The number of fused-ring (bicyclic) bond motifs is 1. The highest BCUT2D eigenvalue weighted by Gasteiger charge is 2.54. The second kappa shape index (κ2) is 9.95. The van der Waals surface area contributed by atoms with E-state index in [1.54, 1.807) is 18.5 Å². The molecule has 1 saturated heterocycles. The number of halogens is 2. The Morgan fingerprint density at radius 3 is 2.58 bits per heavy atom. The van der Waals surface area contributed by atoms with E-state index in [9.17, 15) is 15.0 Å². The van der Waals surface area contributed by atoms with E-state index in [1.807, 2.05) is 0 Å². The van der Waals surface area contributed by atoms with Crippen molar-refractivity contribution in [3.8, 4) is 22.6 Å². The molecule has 3 aromatic heterocycles. The van der Waals surface area contributed by atoms with Gasteiger partial charge in [-0.3, -0.25) is 4.98 Å². The van der Waals surface area contributed by atoms with Gasteiger partial charge in [0.15, 0.2) is 5.82 Å². The van der Waals surface area contributed by atoms with Crippen LogP contribution < -0.4 is 4.90 Å². The predicted octanol–water partition coefficient (Wildman–Crippen LogP) is 6.03. The number of hydrogen-bond donors (Lipinski definition) is 2. The molecule has 40 heavy (non-hydrogen) atoms. The monoisotopic (exact) mass is 595 g/mol. The largest absolute Gasteiger partial charge is 0.478 e. The number of aliphatic hydroxyl groups is 1. The smallest absolute Gasteiger partial charge is 0.335 e. The first-order valence-corrected chi connectivity index (χ1v) is 14.5. The number of nitrogens with zero attached hydrogens (tertiary/aromatic N) is 5. The molecule has 2 aliphatic carbocycles. The van der Waals surface area contributed by atoms with Crippen LogP contribution >= 0.6 is 34.7 Å². The van der Waals surface area contributed by atoms with Gasteiger partial charge in [0.25, 0.3) is 0 Å². The summed E-state index contributed by atoms with van der Waals surface area (Å²) >= 11 is 14.2. The maximum absolute atomic E-state index is 11.5. The van der Waals surface area contributed by atoms with Gasteiger partial charge in [-0.05, 0) is 54.4 Å². The van der Waals surface area contributed by atoms with Crippen LogP contribution in [0.2, 0.25) is 10.0 Å². The van der Waals surface area contributed by atoms with Crippen LogP contribution in [-0.4, -0.2) is 48.8 Å². The molecule has 7 rings (SSSR count). The lowest BCUT2D eigenvalue weighted by atomic mass is 10.0. The minimum Gasteiger partial charge on any atom is -0.478 e. The summed E-state index contributed by atoms with van der Waals surface area (Å²) < 4.78 is 10.2. The standard InChI is InChI=1S/C28H23Cl2N5O4S/c29-21-8-31-9-22(30)23(21)24-18(25(39-33-24)14-1-2-14)4-3-17-19-10-35(11-20(17)19)28-32-26(34-40-28)15-5-13(12-36)6-16(7-15)27(37)38/h3-9,14,17,19-20,36H,1-2,10-12H2,(H,37,38)/b4-3+. The lowest BCUT2D eigenvalue weighted by Crippen LogP contribution is -2.23. The van der Waals surface area contributed by atoms with Crippen molar-refractivity contribution in [3.05, 3.63) is 69.2 Å². The third kappa shape index (κ3) is 4.58. The molecule has 12 heteroatoms. The molecule has 1 aliphatic heterocycles. The third-order valence-corrected chi connectivity index (χ3v) is 9.26. The van der Waals surface area contributed by atoms with Crippen molar-refractivity contribution in [1.29, 1.82) is 0 Å². The Kier molecular flexibility index (Phi) is 6.38. The van der Waals surface area contributed by atoms with Crippen LogP contribution in [0.5, 0.6) is 0 Å². The van der Waals surface area contributed by atoms with Crippen LogP contribution in [-0.2, 0) is 6.61 Å². The summed E-state index contributed by atoms with van der Waals surface area (Å²) in [4.78, 5) is 22.5. The molecule has 3 aliphatic rings. The number of carboxylic acid groups (broad SMARTS) is 1. The van der Waals surface area contributed by atoms with Crippen LogP contribution in [0.1, 0.15) is 46.0 Å². The lowest BCUT2D eigenvalue weighted by Gasteiger charge is -2.17. The highest BCUT2D eigenvalue weighted by Crippen LogP contribution is 2.54. The Labute approximate surface area is 243 Å². The van der Waals surface area contributed by atoms with Crippen molar-refractivity contribution in [3.63, 3.8) is 0 Å². The van der Waals surface area contributed by atoms with Gasteiger partial charge < -0.3 is 19.6 Å². The maximum Gasteiger partial charge on any atom is 0.335 e. The number of aromatic nitrogens is 4. The van der Waals surface area contributed by atoms with Gasteiger partial charge in [-0.1, -0.05) is 40.5 Å². The average molecular weight is 596 g/mol. The summed E-state index contributed by atoms with van der Waals surface area (Å²) in [6.45, 7) is 1.50.